The van der Waals surface area contributed by atoms with E-state index in [1.807, 2.05) is 0 Å². The molecule has 2 rings (SSSR count). The minimum Gasteiger partial charge on any atom is -0.324 e. The van der Waals surface area contributed by atoms with Crippen LogP contribution in [0.3, 0.4) is 0 Å². The zero-order valence-corrected chi connectivity index (χ0v) is 14.7. The summed E-state index contributed by atoms with van der Waals surface area (Å²) in [6.07, 6.45) is 0.954. The predicted molar refractivity (Wildman–Crippen MR) is 93.4 cm³/mol. The Kier molecular flexibility index (Phi) is 5.46. The van der Waals surface area contributed by atoms with Gasteiger partial charge in [0.05, 0.1) is 11.9 Å². The molecule has 1 N–H and O–H groups in total. The van der Waals surface area contributed by atoms with Crippen LogP contribution in [-0.2, 0) is 14.8 Å². The van der Waals surface area contributed by atoms with Gasteiger partial charge in [-0.25, -0.2) is 12.8 Å². The van der Waals surface area contributed by atoms with E-state index >= 15 is 0 Å². The highest BCUT2D eigenvalue weighted by molar-refractivity contribution is 7.92. The Balaban J connectivity index is 2.24. The molecule has 0 saturated heterocycles. The third kappa shape index (κ3) is 4.46. The van der Waals surface area contributed by atoms with Gasteiger partial charge in [0.2, 0.25) is 15.9 Å². The number of nitrogens with one attached hydrogen (secondary N) is 1. The van der Waals surface area contributed by atoms with Crippen molar-refractivity contribution in [1.82, 2.24) is 0 Å². The SMILES string of the molecule is Cc1c(Cl)cccc1NC(=O)CN(c1cccc(F)c1)S(C)(=O)=O. The summed E-state index contributed by atoms with van der Waals surface area (Å²) in [5.41, 5.74) is 1.24. The van der Waals surface area contributed by atoms with Crippen molar-refractivity contribution in [3.8, 4) is 0 Å². The van der Waals surface area contributed by atoms with Gasteiger partial charge in [0, 0.05) is 10.7 Å². The molecule has 2 aromatic carbocycles. The van der Waals surface area contributed by atoms with Gasteiger partial charge in [-0.15, -0.1) is 0 Å². The van der Waals surface area contributed by atoms with Crippen LogP contribution in [-0.4, -0.2) is 27.1 Å². The van der Waals surface area contributed by atoms with Gasteiger partial charge in [0.15, 0.2) is 0 Å². The van der Waals surface area contributed by atoms with E-state index in [1.165, 1.54) is 18.2 Å². The second-order valence-corrected chi connectivity index (χ2v) is 7.52. The fourth-order valence-electron chi connectivity index (χ4n) is 2.09. The lowest BCUT2D eigenvalue weighted by atomic mass is 10.2. The number of carbonyl (C=O) groups is 1. The van der Waals surface area contributed by atoms with Crippen LogP contribution >= 0.6 is 11.6 Å². The van der Waals surface area contributed by atoms with E-state index in [0.29, 0.717) is 16.3 Å². The molecule has 0 heterocycles. The first-order valence-electron chi connectivity index (χ1n) is 6.97. The average Bonchev–Trinajstić information content (AvgIpc) is 2.48. The molecule has 0 spiro atoms. The standard InChI is InChI=1S/C16H16ClFN2O3S/c1-11-14(17)7-4-8-15(11)19-16(21)10-20(24(2,22)23)13-6-3-5-12(18)9-13/h3-9H,10H2,1-2H3,(H,19,21). The monoisotopic (exact) mass is 370 g/mol. The maximum absolute atomic E-state index is 13.4. The first kappa shape index (κ1) is 18.2. The summed E-state index contributed by atoms with van der Waals surface area (Å²) in [5.74, 6) is -1.15. The number of carbonyl (C=O) groups excluding carboxylic acids is 1. The molecule has 0 aromatic heterocycles. The highest BCUT2D eigenvalue weighted by Crippen LogP contribution is 2.23. The maximum atomic E-state index is 13.4. The van der Waals surface area contributed by atoms with Gasteiger partial charge < -0.3 is 5.32 Å². The van der Waals surface area contributed by atoms with Crippen molar-refractivity contribution in [3.63, 3.8) is 0 Å². The van der Waals surface area contributed by atoms with E-state index in [4.69, 9.17) is 11.6 Å². The molecule has 24 heavy (non-hydrogen) atoms. The third-order valence-corrected chi connectivity index (χ3v) is 4.88. The molecule has 0 fully saturated rings. The minimum absolute atomic E-state index is 0.0791. The highest BCUT2D eigenvalue weighted by atomic mass is 35.5. The lowest BCUT2D eigenvalue weighted by Crippen LogP contribution is -2.37. The number of amides is 1. The Labute approximate surface area is 145 Å². The van der Waals surface area contributed by atoms with Gasteiger partial charge in [0.1, 0.15) is 12.4 Å². The summed E-state index contributed by atoms with van der Waals surface area (Å²) in [6, 6.07) is 10.1. The Morgan fingerprint density at radius 3 is 2.54 bits per heavy atom. The molecule has 5 nitrogen and oxygen atoms in total. The fraction of sp³-hybridized carbons (Fsp3) is 0.188. The Morgan fingerprint density at radius 2 is 1.92 bits per heavy atom. The molecule has 0 unspecified atom stereocenters. The van der Waals surface area contributed by atoms with Crippen molar-refractivity contribution in [2.45, 2.75) is 6.92 Å². The number of hydrogen-bond acceptors (Lipinski definition) is 3. The zero-order valence-electron chi connectivity index (χ0n) is 13.1. The third-order valence-electron chi connectivity index (χ3n) is 3.33. The fourth-order valence-corrected chi connectivity index (χ4v) is 3.12. The maximum Gasteiger partial charge on any atom is 0.245 e. The van der Waals surface area contributed by atoms with Crippen LogP contribution in [0.5, 0.6) is 0 Å². The van der Waals surface area contributed by atoms with Gasteiger partial charge in [-0.3, -0.25) is 9.10 Å². The smallest absolute Gasteiger partial charge is 0.245 e. The molecule has 0 saturated carbocycles. The second kappa shape index (κ2) is 7.19. The molecule has 1 amide bonds. The number of halogens is 2. The van der Waals surface area contributed by atoms with Crippen LogP contribution in [0.15, 0.2) is 42.5 Å². The molecule has 2 aromatic rings. The molecule has 0 radical (unpaired) electrons. The first-order valence-corrected chi connectivity index (χ1v) is 9.19. The number of nitrogens with zero attached hydrogens (tertiary/aromatic N) is 1. The quantitative estimate of drug-likeness (QED) is 0.878. The van der Waals surface area contributed by atoms with Crippen LogP contribution in [0.4, 0.5) is 15.8 Å². The number of sulfonamides is 1. The van der Waals surface area contributed by atoms with Gasteiger partial charge in [-0.1, -0.05) is 23.7 Å². The van der Waals surface area contributed by atoms with Gasteiger partial charge in [-0.2, -0.15) is 0 Å². The second-order valence-electron chi connectivity index (χ2n) is 5.21. The summed E-state index contributed by atoms with van der Waals surface area (Å²) >= 11 is 5.99. The molecule has 8 heteroatoms. The average molecular weight is 371 g/mol. The van der Waals surface area contributed by atoms with E-state index in [9.17, 15) is 17.6 Å². The van der Waals surface area contributed by atoms with E-state index in [-0.39, 0.29) is 5.69 Å². The molecule has 128 valence electrons. The Bertz CT molecular complexity index is 871. The van der Waals surface area contributed by atoms with Crippen LogP contribution in [0.2, 0.25) is 5.02 Å². The summed E-state index contributed by atoms with van der Waals surface area (Å²) in [6.45, 7) is 1.26. The summed E-state index contributed by atoms with van der Waals surface area (Å²) in [4.78, 5) is 12.2. The zero-order chi connectivity index (χ0) is 17.9. The molecule has 0 bridgehead atoms. The lowest BCUT2D eigenvalue weighted by molar-refractivity contribution is -0.114. The van der Waals surface area contributed by atoms with Crippen molar-refractivity contribution in [2.75, 3.05) is 22.4 Å². The Hall–Kier alpha value is -2.12. The van der Waals surface area contributed by atoms with Crippen molar-refractivity contribution < 1.29 is 17.6 Å². The van der Waals surface area contributed by atoms with Crippen molar-refractivity contribution in [1.29, 1.82) is 0 Å². The van der Waals surface area contributed by atoms with E-state index < -0.39 is 28.3 Å². The van der Waals surface area contributed by atoms with E-state index in [0.717, 1.165) is 16.6 Å². The Morgan fingerprint density at radius 1 is 1.25 bits per heavy atom. The molecular weight excluding hydrogens is 355 g/mol. The number of rotatable bonds is 5. The van der Waals surface area contributed by atoms with Crippen LogP contribution in [0.25, 0.3) is 0 Å². The molecule has 0 aliphatic rings. The summed E-state index contributed by atoms with van der Waals surface area (Å²) in [7, 11) is -3.76. The lowest BCUT2D eigenvalue weighted by Gasteiger charge is -2.22. The molecule has 0 aliphatic carbocycles. The highest BCUT2D eigenvalue weighted by Gasteiger charge is 2.21. The summed E-state index contributed by atoms with van der Waals surface area (Å²) < 4.78 is 38.1. The molecular formula is C16H16ClFN2O3S. The normalized spacial score (nSPS) is 11.2. The minimum atomic E-state index is -3.76. The van der Waals surface area contributed by atoms with Gasteiger partial charge in [0.25, 0.3) is 0 Å². The predicted octanol–water partition coefficient (Wildman–Crippen LogP) is 3.19. The van der Waals surface area contributed by atoms with Crippen molar-refractivity contribution in [2.24, 2.45) is 0 Å². The topological polar surface area (TPSA) is 66.5 Å². The summed E-state index contributed by atoms with van der Waals surface area (Å²) in [5, 5.41) is 3.10. The largest absolute Gasteiger partial charge is 0.324 e. The van der Waals surface area contributed by atoms with Crippen molar-refractivity contribution >= 4 is 38.9 Å². The number of benzene rings is 2. The molecule has 0 aliphatic heterocycles. The van der Waals surface area contributed by atoms with Gasteiger partial charge in [-0.05, 0) is 42.8 Å². The number of anilines is 2. The van der Waals surface area contributed by atoms with Crippen LogP contribution < -0.4 is 9.62 Å². The van der Waals surface area contributed by atoms with E-state index in [1.54, 1.807) is 25.1 Å². The number of hydrogen-bond donors (Lipinski definition) is 1. The van der Waals surface area contributed by atoms with Gasteiger partial charge >= 0.3 is 0 Å². The molecule has 0 atom stereocenters. The van der Waals surface area contributed by atoms with Crippen molar-refractivity contribution in [3.05, 3.63) is 58.9 Å². The first-order chi connectivity index (χ1) is 11.2. The van der Waals surface area contributed by atoms with Crippen LogP contribution in [0.1, 0.15) is 5.56 Å². The van der Waals surface area contributed by atoms with Crippen LogP contribution in [0, 0.1) is 12.7 Å². The van der Waals surface area contributed by atoms with E-state index in [2.05, 4.69) is 5.32 Å².